The number of ether oxygens (including phenoxy) is 2. The second-order valence-corrected chi connectivity index (χ2v) is 10.1. The third kappa shape index (κ3) is 5.44. The van der Waals surface area contributed by atoms with E-state index in [1.807, 2.05) is 35.9 Å². The number of hydrogen-bond acceptors (Lipinski definition) is 8. The summed E-state index contributed by atoms with van der Waals surface area (Å²) in [6.45, 7) is 0. The number of esters is 1. The average molecular weight is 501 g/mol. The minimum atomic E-state index is -0.390. The maximum Gasteiger partial charge on any atom is 0.341 e. The number of benzene rings is 1. The Balaban J connectivity index is 1.40. The van der Waals surface area contributed by atoms with E-state index in [-0.39, 0.29) is 17.6 Å². The van der Waals surface area contributed by atoms with Crippen LogP contribution in [0.15, 0.2) is 29.4 Å². The number of amides is 1. The van der Waals surface area contributed by atoms with Gasteiger partial charge in [-0.2, -0.15) is 0 Å². The number of thioether (sulfide) groups is 1. The Bertz CT molecular complexity index is 1170. The van der Waals surface area contributed by atoms with Gasteiger partial charge in [-0.3, -0.25) is 4.79 Å². The molecule has 4 rings (SSSR count). The topological polar surface area (TPSA) is 95.3 Å². The highest BCUT2D eigenvalue weighted by molar-refractivity contribution is 7.99. The maximum absolute atomic E-state index is 12.8. The van der Waals surface area contributed by atoms with Crippen LogP contribution in [0.25, 0.3) is 0 Å². The zero-order valence-corrected chi connectivity index (χ0v) is 21.2. The Labute approximate surface area is 207 Å². The second-order valence-electron chi connectivity index (χ2n) is 8.08. The standard InChI is InChI=1S/C24H28N4O4S2/c1-28-19(13-15-9-11-16(31-2)12-10-15)26-27-24(28)33-14-20(29)25-22-21(23(30)32-3)17-7-5-4-6-8-18(17)34-22/h9-12H,4-8,13-14H2,1-3H3,(H,25,29). The van der Waals surface area contributed by atoms with E-state index in [9.17, 15) is 9.59 Å². The number of carbonyl (C=O) groups is 2. The number of thiophene rings is 1. The summed E-state index contributed by atoms with van der Waals surface area (Å²) < 4.78 is 12.1. The highest BCUT2D eigenvalue weighted by atomic mass is 32.2. The molecular weight excluding hydrogens is 472 g/mol. The molecule has 0 aliphatic heterocycles. The zero-order valence-electron chi connectivity index (χ0n) is 19.6. The first-order valence-electron chi connectivity index (χ1n) is 11.2. The first-order valence-corrected chi connectivity index (χ1v) is 13.0. The summed E-state index contributed by atoms with van der Waals surface area (Å²) in [6.07, 6.45) is 5.70. The molecule has 1 aromatic carbocycles. The lowest BCUT2D eigenvalue weighted by atomic mass is 10.1. The summed E-state index contributed by atoms with van der Waals surface area (Å²) in [4.78, 5) is 26.4. The third-order valence-corrected chi connectivity index (χ3v) is 8.07. The SMILES string of the molecule is COC(=O)c1c(NC(=O)CSc2nnc(Cc3ccc(OC)cc3)n2C)sc2c1CCCCC2. The van der Waals surface area contributed by atoms with Gasteiger partial charge in [-0.05, 0) is 48.9 Å². The molecule has 0 spiro atoms. The van der Waals surface area contributed by atoms with Crippen LogP contribution < -0.4 is 10.1 Å². The van der Waals surface area contributed by atoms with Gasteiger partial charge in [0.25, 0.3) is 0 Å². The van der Waals surface area contributed by atoms with Crippen molar-refractivity contribution in [2.45, 2.75) is 43.7 Å². The minimum absolute atomic E-state index is 0.164. The summed E-state index contributed by atoms with van der Waals surface area (Å²) in [5.41, 5.74) is 2.65. The highest BCUT2D eigenvalue weighted by Crippen LogP contribution is 2.38. The second kappa shape index (κ2) is 11.1. The van der Waals surface area contributed by atoms with Gasteiger partial charge in [0.2, 0.25) is 5.91 Å². The molecule has 34 heavy (non-hydrogen) atoms. The molecule has 2 heterocycles. The lowest BCUT2D eigenvalue weighted by Gasteiger charge is -2.08. The van der Waals surface area contributed by atoms with Crippen LogP contribution in [0.5, 0.6) is 5.75 Å². The number of hydrogen-bond donors (Lipinski definition) is 1. The lowest BCUT2D eigenvalue weighted by molar-refractivity contribution is -0.113. The van der Waals surface area contributed by atoms with E-state index in [2.05, 4.69) is 15.5 Å². The summed E-state index contributed by atoms with van der Waals surface area (Å²) in [5.74, 6) is 1.20. The number of aryl methyl sites for hydroxylation is 1. The molecule has 1 aliphatic carbocycles. The number of methoxy groups -OCH3 is 2. The van der Waals surface area contributed by atoms with Gasteiger partial charge < -0.3 is 19.4 Å². The van der Waals surface area contributed by atoms with Crippen LogP contribution in [0.2, 0.25) is 0 Å². The molecule has 0 saturated carbocycles. The normalized spacial score (nSPS) is 13.1. The molecule has 3 aromatic rings. The van der Waals surface area contributed by atoms with Crippen molar-refractivity contribution in [2.75, 3.05) is 25.3 Å². The van der Waals surface area contributed by atoms with Gasteiger partial charge in [-0.15, -0.1) is 21.5 Å². The summed E-state index contributed by atoms with van der Waals surface area (Å²) in [7, 11) is 4.91. The van der Waals surface area contributed by atoms with Crippen molar-refractivity contribution >= 4 is 40.0 Å². The van der Waals surface area contributed by atoms with Crippen molar-refractivity contribution in [2.24, 2.45) is 7.05 Å². The summed E-state index contributed by atoms with van der Waals surface area (Å²) in [6, 6.07) is 7.82. The number of nitrogens with zero attached hydrogens (tertiary/aromatic N) is 3. The zero-order chi connectivity index (χ0) is 24.1. The van der Waals surface area contributed by atoms with E-state index in [1.165, 1.54) is 35.1 Å². The molecule has 2 aromatic heterocycles. The largest absolute Gasteiger partial charge is 0.497 e. The fourth-order valence-corrected chi connectivity index (χ4v) is 6.02. The Morgan fingerprint density at radius 3 is 2.62 bits per heavy atom. The van der Waals surface area contributed by atoms with Gasteiger partial charge >= 0.3 is 5.97 Å². The van der Waals surface area contributed by atoms with Crippen molar-refractivity contribution < 1.29 is 19.1 Å². The van der Waals surface area contributed by atoms with Crippen molar-refractivity contribution in [3.8, 4) is 5.75 Å². The molecule has 0 radical (unpaired) electrons. The van der Waals surface area contributed by atoms with Crippen LogP contribution in [0.1, 0.15) is 51.4 Å². The van der Waals surface area contributed by atoms with E-state index in [0.717, 1.165) is 54.8 Å². The van der Waals surface area contributed by atoms with E-state index in [0.29, 0.717) is 22.1 Å². The predicted octanol–water partition coefficient (Wildman–Crippen LogP) is 4.26. The molecule has 0 unspecified atom stereocenters. The van der Waals surface area contributed by atoms with Gasteiger partial charge in [0.05, 0.1) is 25.5 Å². The Morgan fingerprint density at radius 2 is 1.88 bits per heavy atom. The Hall–Kier alpha value is -2.85. The van der Waals surface area contributed by atoms with Crippen LogP contribution in [0.4, 0.5) is 5.00 Å². The minimum Gasteiger partial charge on any atom is -0.497 e. The molecule has 1 amide bonds. The molecule has 1 N–H and O–H groups in total. The first kappa shape index (κ1) is 24.3. The van der Waals surface area contributed by atoms with Crippen LogP contribution in [-0.4, -0.2) is 46.6 Å². The third-order valence-electron chi connectivity index (χ3n) is 5.84. The number of anilines is 1. The van der Waals surface area contributed by atoms with Crippen molar-refractivity contribution in [3.05, 3.63) is 51.7 Å². The molecule has 0 bridgehead atoms. The highest BCUT2D eigenvalue weighted by Gasteiger charge is 2.26. The first-order chi connectivity index (χ1) is 16.5. The van der Waals surface area contributed by atoms with Crippen LogP contribution in [0.3, 0.4) is 0 Å². The number of carbonyl (C=O) groups excluding carboxylic acids is 2. The van der Waals surface area contributed by atoms with Crippen molar-refractivity contribution in [1.82, 2.24) is 14.8 Å². The maximum atomic E-state index is 12.8. The van der Waals surface area contributed by atoms with E-state index < -0.39 is 0 Å². The molecule has 8 nitrogen and oxygen atoms in total. The smallest absolute Gasteiger partial charge is 0.341 e. The quantitative estimate of drug-likeness (QED) is 0.280. The van der Waals surface area contributed by atoms with E-state index >= 15 is 0 Å². The lowest BCUT2D eigenvalue weighted by Crippen LogP contribution is -2.16. The number of fused-ring (bicyclic) bond motifs is 1. The van der Waals surface area contributed by atoms with Gasteiger partial charge in [0.15, 0.2) is 5.16 Å². The van der Waals surface area contributed by atoms with Crippen LogP contribution >= 0.6 is 23.1 Å². The van der Waals surface area contributed by atoms with E-state index in [4.69, 9.17) is 9.47 Å². The van der Waals surface area contributed by atoms with Gasteiger partial charge in [0.1, 0.15) is 16.6 Å². The Morgan fingerprint density at radius 1 is 1.12 bits per heavy atom. The molecule has 0 atom stereocenters. The fourth-order valence-electron chi connectivity index (χ4n) is 3.99. The van der Waals surface area contributed by atoms with Crippen molar-refractivity contribution in [1.29, 1.82) is 0 Å². The Kier molecular flexibility index (Phi) is 7.89. The summed E-state index contributed by atoms with van der Waals surface area (Å²) in [5, 5.41) is 12.7. The molecule has 0 fully saturated rings. The molecule has 1 aliphatic rings. The van der Waals surface area contributed by atoms with E-state index in [1.54, 1.807) is 7.11 Å². The number of rotatable bonds is 8. The van der Waals surface area contributed by atoms with Crippen LogP contribution in [0, 0.1) is 0 Å². The van der Waals surface area contributed by atoms with Gasteiger partial charge in [0, 0.05) is 18.3 Å². The summed E-state index contributed by atoms with van der Waals surface area (Å²) >= 11 is 2.81. The molecule has 180 valence electrons. The molecular formula is C24H28N4O4S2. The fraction of sp³-hybridized carbons (Fsp3) is 0.417. The average Bonchev–Trinajstić information content (AvgIpc) is 3.27. The number of nitrogens with one attached hydrogen (secondary N) is 1. The van der Waals surface area contributed by atoms with Crippen LogP contribution in [-0.2, 0) is 35.8 Å². The monoisotopic (exact) mass is 500 g/mol. The predicted molar refractivity (Wildman–Crippen MR) is 133 cm³/mol. The number of aromatic nitrogens is 3. The van der Waals surface area contributed by atoms with Crippen molar-refractivity contribution in [3.63, 3.8) is 0 Å². The van der Waals surface area contributed by atoms with Gasteiger partial charge in [-0.25, -0.2) is 4.79 Å². The van der Waals surface area contributed by atoms with Gasteiger partial charge in [-0.1, -0.05) is 30.3 Å². The molecule has 0 saturated heterocycles. The molecule has 10 heteroatoms.